The summed E-state index contributed by atoms with van der Waals surface area (Å²) in [5.74, 6) is -1.34. The van der Waals surface area contributed by atoms with E-state index in [4.69, 9.17) is 21.3 Å². The summed E-state index contributed by atoms with van der Waals surface area (Å²) in [6.07, 6.45) is 2.90. The van der Waals surface area contributed by atoms with E-state index in [-0.39, 0.29) is 76.7 Å². The number of anilines is 1. The molecule has 6 rings (SSSR count). The largest absolute Gasteiger partial charge is 0.507 e. The Hall–Kier alpha value is -4.19. The van der Waals surface area contributed by atoms with Gasteiger partial charge in [0.15, 0.2) is 5.75 Å². The minimum absolute atomic E-state index is 0.0402. The van der Waals surface area contributed by atoms with E-state index in [2.05, 4.69) is 16.9 Å². The summed E-state index contributed by atoms with van der Waals surface area (Å²) in [5.41, 5.74) is 0.738. The van der Waals surface area contributed by atoms with Gasteiger partial charge < -0.3 is 24.5 Å². The fraction of sp³-hybridized carbons (Fsp3) is 0.346. The fourth-order valence-corrected chi connectivity index (χ4v) is 5.79. The van der Waals surface area contributed by atoms with Crippen LogP contribution in [0.4, 0.5) is 10.2 Å². The van der Waals surface area contributed by atoms with Gasteiger partial charge in [0.1, 0.15) is 40.3 Å². The smallest absolute Gasteiger partial charge is 0.261 e. The lowest BCUT2D eigenvalue weighted by Crippen LogP contribution is -2.57. The Morgan fingerprint density at radius 1 is 1.23 bits per heavy atom. The molecule has 0 saturated carbocycles. The number of rotatable bonds is 3. The molecule has 2 atom stereocenters. The average Bonchev–Trinajstić information content (AvgIpc) is 3.36. The number of phenolic OH excluding ortho intramolecular Hbond substituents is 1. The minimum Gasteiger partial charge on any atom is -0.507 e. The van der Waals surface area contributed by atoms with Crippen molar-refractivity contribution in [3.05, 3.63) is 59.1 Å². The molecular weight excluding hydrogens is 529 g/mol. The van der Waals surface area contributed by atoms with Gasteiger partial charge >= 0.3 is 0 Å². The Balaban J connectivity index is 1.53. The molecule has 202 valence electrons. The Kier molecular flexibility index (Phi) is 6.13. The van der Waals surface area contributed by atoms with Crippen molar-refractivity contribution < 1.29 is 23.8 Å². The number of fused-ring (bicyclic) bond motifs is 3. The van der Waals surface area contributed by atoms with E-state index < -0.39 is 11.9 Å². The van der Waals surface area contributed by atoms with E-state index in [1.54, 1.807) is 20.7 Å². The number of carbonyl (C=O) groups excluding carboxylic acids is 2. The van der Waals surface area contributed by atoms with Crippen LogP contribution in [0.1, 0.15) is 29.0 Å². The Morgan fingerprint density at radius 2 is 2.03 bits per heavy atom. The number of piperazine rings is 1. The molecule has 1 aromatic carbocycles. The van der Waals surface area contributed by atoms with Crippen LogP contribution >= 0.6 is 11.6 Å². The van der Waals surface area contributed by atoms with Crippen LogP contribution in [0, 0.1) is 5.82 Å². The second-order valence-corrected chi connectivity index (χ2v) is 10.0. The summed E-state index contributed by atoms with van der Waals surface area (Å²) in [6, 6.07) is 3.18. The Bertz CT molecular complexity index is 1490. The highest BCUT2D eigenvalue weighted by Gasteiger charge is 2.42. The molecule has 5 heterocycles. The third-order valence-corrected chi connectivity index (χ3v) is 7.89. The summed E-state index contributed by atoms with van der Waals surface area (Å²) in [7, 11) is 0. The molecule has 3 aromatic rings. The third kappa shape index (κ3) is 3.97. The van der Waals surface area contributed by atoms with Crippen molar-refractivity contribution in [2.24, 2.45) is 0 Å². The van der Waals surface area contributed by atoms with Gasteiger partial charge in [0, 0.05) is 26.2 Å². The summed E-state index contributed by atoms with van der Waals surface area (Å²) < 4.78 is 23.0. The Labute approximate surface area is 228 Å². The second kappa shape index (κ2) is 9.53. The molecule has 2 aromatic heterocycles. The van der Waals surface area contributed by atoms with Gasteiger partial charge in [-0.15, -0.1) is 5.10 Å². The fourth-order valence-electron chi connectivity index (χ4n) is 5.50. The first-order valence-electron chi connectivity index (χ1n) is 12.5. The first-order valence-corrected chi connectivity index (χ1v) is 12.9. The van der Waals surface area contributed by atoms with Gasteiger partial charge in [0.2, 0.25) is 5.91 Å². The van der Waals surface area contributed by atoms with Crippen LogP contribution in [-0.2, 0) is 11.3 Å². The van der Waals surface area contributed by atoms with E-state index in [9.17, 15) is 14.7 Å². The molecule has 3 aliphatic heterocycles. The molecule has 1 saturated heterocycles. The normalized spacial score (nSPS) is 20.5. The number of amides is 2. The molecule has 1 fully saturated rings. The lowest BCUT2D eigenvalue weighted by molar-refractivity contribution is -0.128. The average molecular weight is 554 g/mol. The van der Waals surface area contributed by atoms with Crippen molar-refractivity contribution in [3.63, 3.8) is 0 Å². The maximum absolute atomic E-state index is 15.1. The number of aromatic nitrogens is 4. The van der Waals surface area contributed by atoms with Gasteiger partial charge in [0.25, 0.3) is 5.91 Å². The van der Waals surface area contributed by atoms with Gasteiger partial charge in [-0.1, -0.05) is 29.5 Å². The Morgan fingerprint density at radius 3 is 2.79 bits per heavy atom. The second-order valence-electron chi connectivity index (χ2n) is 9.64. The van der Waals surface area contributed by atoms with E-state index in [1.165, 1.54) is 24.3 Å². The van der Waals surface area contributed by atoms with Gasteiger partial charge in [-0.05, 0) is 25.1 Å². The molecular formula is C26H25ClFN7O4. The van der Waals surface area contributed by atoms with Gasteiger partial charge in [0.05, 0.1) is 36.1 Å². The highest BCUT2D eigenvalue weighted by Crippen LogP contribution is 2.47. The summed E-state index contributed by atoms with van der Waals surface area (Å²) in [5, 5.41) is 18.6. The third-order valence-electron chi connectivity index (χ3n) is 7.54. The van der Waals surface area contributed by atoms with Crippen LogP contribution in [-0.4, -0.2) is 85.5 Å². The number of halogens is 2. The summed E-state index contributed by atoms with van der Waals surface area (Å²) in [4.78, 5) is 36.4. The van der Waals surface area contributed by atoms with Crippen molar-refractivity contribution in [3.8, 4) is 22.8 Å². The van der Waals surface area contributed by atoms with E-state index in [0.717, 1.165) is 5.69 Å². The van der Waals surface area contributed by atoms with Gasteiger partial charge in [-0.2, -0.15) is 0 Å². The molecule has 0 bridgehead atoms. The van der Waals surface area contributed by atoms with Crippen molar-refractivity contribution >= 4 is 29.2 Å². The molecule has 0 unspecified atom stereocenters. The van der Waals surface area contributed by atoms with E-state index in [1.807, 2.05) is 11.8 Å². The SMILES string of the molecule is C=CC(=O)N1CCN2C(=O)c3c(N4CCn5nncc5[C@@H]4C)nc(-c4c(O)cccc4F)c(Cl)c3OC[C@H]2C1. The molecule has 11 nitrogen and oxygen atoms in total. The standard InChI is InChI=1S/C26H25ClFN7O4/c1-3-19(37)32-7-8-34-15(12-32)13-39-24-21(26(34)38)25(33-9-10-35-17(14(33)2)11-29-31-35)30-23(22(24)27)20-16(28)5-4-6-18(20)36/h3-6,11,14-15,36H,1,7-10,12-13H2,2H3/t14-,15+/m0/s1. The van der Waals surface area contributed by atoms with Crippen molar-refractivity contribution in [2.45, 2.75) is 25.6 Å². The molecule has 1 N–H and O–H groups in total. The van der Waals surface area contributed by atoms with Crippen molar-refractivity contribution in [1.29, 1.82) is 0 Å². The molecule has 0 spiro atoms. The predicted octanol–water partition coefficient (Wildman–Crippen LogP) is 2.65. The number of hydrogen-bond donors (Lipinski definition) is 1. The van der Waals surface area contributed by atoms with Crippen LogP contribution in [0.15, 0.2) is 37.1 Å². The zero-order chi connectivity index (χ0) is 27.4. The topological polar surface area (TPSA) is 117 Å². The highest BCUT2D eigenvalue weighted by atomic mass is 35.5. The van der Waals surface area contributed by atoms with Crippen LogP contribution in [0.2, 0.25) is 5.02 Å². The number of hydrogen-bond acceptors (Lipinski definition) is 8. The number of benzene rings is 1. The first kappa shape index (κ1) is 25.1. The molecule has 3 aliphatic rings. The lowest BCUT2D eigenvalue weighted by atomic mass is 10.0. The molecule has 0 aliphatic carbocycles. The number of nitrogens with zero attached hydrogens (tertiary/aromatic N) is 7. The number of ether oxygens (including phenoxy) is 1. The zero-order valence-electron chi connectivity index (χ0n) is 21.0. The van der Waals surface area contributed by atoms with Crippen LogP contribution in [0.5, 0.6) is 11.5 Å². The monoisotopic (exact) mass is 553 g/mol. The summed E-state index contributed by atoms with van der Waals surface area (Å²) in [6.45, 7) is 7.34. The van der Waals surface area contributed by atoms with E-state index in [0.29, 0.717) is 19.6 Å². The molecule has 39 heavy (non-hydrogen) atoms. The van der Waals surface area contributed by atoms with Crippen molar-refractivity contribution in [2.75, 3.05) is 37.7 Å². The molecule has 13 heteroatoms. The van der Waals surface area contributed by atoms with Crippen LogP contribution < -0.4 is 9.64 Å². The summed E-state index contributed by atoms with van der Waals surface area (Å²) >= 11 is 6.80. The lowest BCUT2D eigenvalue weighted by Gasteiger charge is -2.40. The molecule has 2 amide bonds. The van der Waals surface area contributed by atoms with Gasteiger partial charge in [-0.3, -0.25) is 9.59 Å². The quantitative estimate of drug-likeness (QED) is 0.492. The van der Waals surface area contributed by atoms with Crippen LogP contribution in [0.3, 0.4) is 0 Å². The predicted molar refractivity (Wildman–Crippen MR) is 139 cm³/mol. The number of pyridine rings is 1. The first-order chi connectivity index (χ1) is 18.8. The molecule has 0 radical (unpaired) electrons. The zero-order valence-corrected chi connectivity index (χ0v) is 21.8. The van der Waals surface area contributed by atoms with Gasteiger partial charge in [-0.25, -0.2) is 14.1 Å². The number of aromatic hydroxyl groups is 1. The highest BCUT2D eigenvalue weighted by molar-refractivity contribution is 6.35. The maximum atomic E-state index is 15.1. The minimum atomic E-state index is -0.722. The van der Waals surface area contributed by atoms with Crippen LogP contribution in [0.25, 0.3) is 11.3 Å². The number of carbonyl (C=O) groups is 2. The number of phenols is 1. The van der Waals surface area contributed by atoms with E-state index >= 15 is 4.39 Å². The van der Waals surface area contributed by atoms with Crippen molar-refractivity contribution in [1.82, 2.24) is 29.8 Å². The maximum Gasteiger partial charge on any atom is 0.261 e.